The van der Waals surface area contributed by atoms with E-state index in [1.54, 1.807) is 24.3 Å². The maximum Gasteiger partial charge on any atom is 0.313 e. The number of piperidine rings is 1. The lowest BCUT2D eigenvalue weighted by atomic mass is 10.0. The SMILES string of the molecule is CC(=O)Nc1ccc(NC(=O)C(=O)N2CCC3(CC2)OCCO3)cc1. The van der Waals surface area contributed by atoms with Crippen LogP contribution in [0.3, 0.4) is 0 Å². The monoisotopic (exact) mass is 347 g/mol. The molecule has 0 unspecified atom stereocenters. The second kappa shape index (κ2) is 7.20. The van der Waals surface area contributed by atoms with Crippen molar-refractivity contribution in [3.8, 4) is 0 Å². The van der Waals surface area contributed by atoms with Gasteiger partial charge in [-0.3, -0.25) is 14.4 Å². The van der Waals surface area contributed by atoms with Crippen LogP contribution in [-0.2, 0) is 23.9 Å². The molecule has 25 heavy (non-hydrogen) atoms. The Kier molecular flexibility index (Phi) is 5.00. The van der Waals surface area contributed by atoms with Crippen molar-refractivity contribution in [1.82, 2.24) is 4.90 Å². The number of nitrogens with one attached hydrogen (secondary N) is 2. The Bertz CT molecular complexity index is 657. The third kappa shape index (κ3) is 4.15. The van der Waals surface area contributed by atoms with Crippen LogP contribution in [0.2, 0.25) is 0 Å². The number of benzene rings is 1. The lowest BCUT2D eigenvalue weighted by Crippen LogP contribution is -2.50. The first-order valence-corrected chi connectivity index (χ1v) is 8.23. The molecule has 2 heterocycles. The van der Waals surface area contributed by atoms with E-state index in [0.29, 0.717) is 50.5 Å². The summed E-state index contributed by atoms with van der Waals surface area (Å²) in [6, 6.07) is 6.56. The van der Waals surface area contributed by atoms with Crippen LogP contribution in [-0.4, -0.2) is 54.7 Å². The molecule has 0 atom stereocenters. The number of rotatable bonds is 2. The molecule has 1 spiro atoms. The highest BCUT2D eigenvalue weighted by Crippen LogP contribution is 2.31. The highest BCUT2D eigenvalue weighted by molar-refractivity contribution is 6.39. The number of carbonyl (C=O) groups is 3. The Hall–Kier alpha value is -2.45. The lowest BCUT2D eigenvalue weighted by molar-refractivity contribution is -0.187. The van der Waals surface area contributed by atoms with Gasteiger partial charge in [-0.1, -0.05) is 0 Å². The molecular weight excluding hydrogens is 326 g/mol. The van der Waals surface area contributed by atoms with E-state index in [4.69, 9.17) is 9.47 Å². The maximum absolute atomic E-state index is 12.3. The summed E-state index contributed by atoms with van der Waals surface area (Å²) in [6.45, 7) is 3.41. The van der Waals surface area contributed by atoms with Gasteiger partial charge >= 0.3 is 11.8 Å². The Balaban J connectivity index is 1.52. The zero-order valence-corrected chi connectivity index (χ0v) is 14.0. The number of amides is 3. The van der Waals surface area contributed by atoms with Gasteiger partial charge in [-0.2, -0.15) is 0 Å². The zero-order valence-electron chi connectivity index (χ0n) is 14.0. The predicted octanol–water partition coefficient (Wildman–Crippen LogP) is 0.949. The fraction of sp³-hybridized carbons (Fsp3) is 0.471. The van der Waals surface area contributed by atoms with Crippen molar-refractivity contribution in [1.29, 1.82) is 0 Å². The van der Waals surface area contributed by atoms with Crippen molar-refractivity contribution < 1.29 is 23.9 Å². The minimum Gasteiger partial charge on any atom is -0.347 e. The van der Waals surface area contributed by atoms with Gasteiger partial charge in [-0.05, 0) is 24.3 Å². The Labute approximate surface area is 145 Å². The van der Waals surface area contributed by atoms with Gasteiger partial charge in [-0.25, -0.2) is 0 Å². The Morgan fingerprint density at radius 2 is 1.48 bits per heavy atom. The minimum absolute atomic E-state index is 0.176. The molecule has 2 aliphatic heterocycles. The molecule has 2 aliphatic rings. The summed E-state index contributed by atoms with van der Waals surface area (Å²) >= 11 is 0. The molecule has 134 valence electrons. The van der Waals surface area contributed by atoms with Crippen molar-refractivity contribution in [2.75, 3.05) is 36.9 Å². The van der Waals surface area contributed by atoms with Gasteiger partial charge in [0.2, 0.25) is 5.91 Å². The second-order valence-electron chi connectivity index (χ2n) is 6.11. The van der Waals surface area contributed by atoms with Crippen molar-refractivity contribution >= 4 is 29.1 Å². The van der Waals surface area contributed by atoms with E-state index in [0.717, 1.165) is 0 Å². The largest absolute Gasteiger partial charge is 0.347 e. The molecule has 0 radical (unpaired) electrons. The molecule has 1 aromatic rings. The van der Waals surface area contributed by atoms with Crippen LogP contribution in [0.5, 0.6) is 0 Å². The molecular formula is C17H21N3O5. The van der Waals surface area contributed by atoms with Crippen LogP contribution in [0, 0.1) is 0 Å². The lowest BCUT2D eigenvalue weighted by Gasteiger charge is -2.37. The van der Waals surface area contributed by atoms with Crippen LogP contribution >= 0.6 is 0 Å². The first kappa shape index (κ1) is 17.4. The molecule has 2 fully saturated rings. The first-order chi connectivity index (χ1) is 12.0. The molecule has 0 aromatic heterocycles. The number of ether oxygens (including phenoxy) is 2. The summed E-state index contributed by atoms with van der Waals surface area (Å²) in [5.41, 5.74) is 1.11. The average Bonchev–Trinajstić information content (AvgIpc) is 3.04. The van der Waals surface area contributed by atoms with Crippen molar-refractivity contribution in [3.05, 3.63) is 24.3 Å². The number of nitrogens with zero attached hydrogens (tertiary/aromatic N) is 1. The van der Waals surface area contributed by atoms with E-state index in [2.05, 4.69) is 10.6 Å². The summed E-state index contributed by atoms with van der Waals surface area (Å²) in [4.78, 5) is 36.9. The second-order valence-corrected chi connectivity index (χ2v) is 6.11. The molecule has 0 saturated carbocycles. The summed E-state index contributed by atoms with van der Waals surface area (Å²) in [5, 5.41) is 5.21. The van der Waals surface area contributed by atoms with Crippen molar-refractivity contribution in [2.45, 2.75) is 25.6 Å². The number of likely N-dealkylation sites (tertiary alicyclic amines) is 1. The van der Waals surface area contributed by atoms with E-state index in [-0.39, 0.29) is 5.91 Å². The van der Waals surface area contributed by atoms with Crippen LogP contribution in [0.4, 0.5) is 11.4 Å². The zero-order chi connectivity index (χ0) is 17.9. The smallest absolute Gasteiger partial charge is 0.313 e. The van der Waals surface area contributed by atoms with Gasteiger partial charge in [-0.15, -0.1) is 0 Å². The van der Waals surface area contributed by atoms with Gasteiger partial charge < -0.3 is 25.0 Å². The van der Waals surface area contributed by atoms with Crippen molar-refractivity contribution in [3.63, 3.8) is 0 Å². The van der Waals surface area contributed by atoms with Crippen molar-refractivity contribution in [2.24, 2.45) is 0 Å². The molecule has 0 aliphatic carbocycles. The molecule has 8 nitrogen and oxygen atoms in total. The number of anilines is 2. The number of hydrogen-bond donors (Lipinski definition) is 2. The maximum atomic E-state index is 12.3. The normalized spacial score (nSPS) is 18.8. The van der Waals surface area contributed by atoms with Crippen LogP contribution in [0.1, 0.15) is 19.8 Å². The standard InChI is InChI=1S/C17H21N3O5/c1-12(21)18-13-2-4-14(5-3-13)19-15(22)16(23)20-8-6-17(7-9-20)24-10-11-25-17/h2-5H,6-11H2,1H3,(H,18,21)(H,19,22). The number of carbonyl (C=O) groups excluding carboxylic acids is 3. The number of hydrogen-bond acceptors (Lipinski definition) is 5. The van der Waals surface area contributed by atoms with E-state index in [1.165, 1.54) is 11.8 Å². The fourth-order valence-corrected chi connectivity index (χ4v) is 3.00. The van der Waals surface area contributed by atoms with E-state index in [1.807, 2.05) is 0 Å². The third-order valence-corrected chi connectivity index (χ3v) is 4.28. The van der Waals surface area contributed by atoms with E-state index < -0.39 is 17.6 Å². The van der Waals surface area contributed by atoms with Gasteiger partial charge in [0.15, 0.2) is 5.79 Å². The van der Waals surface area contributed by atoms with Gasteiger partial charge in [0.1, 0.15) is 0 Å². The van der Waals surface area contributed by atoms with Gasteiger partial charge in [0.05, 0.1) is 13.2 Å². The minimum atomic E-state index is -0.684. The van der Waals surface area contributed by atoms with Gasteiger partial charge in [0, 0.05) is 44.2 Å². The molecule has 2 N–H and O–H groups in total. The molecule has 3 amide bonds. The van der Waals surface area contributed by atoms with Crippen LogP contribution < -0.4 is 10.6 Å². The summed E-state index contributed by atoms with van der Waals surface area (Å²) in [7, 11) is 0. The predicted molar refractivity (Wildman–Crippen MR) is 89.8 cm³/mol. The highest BCUT2D eigenvalue weighted by Gasteiger charge is 2.41. The average molecular weight is 347 g/mol. The summed E-state index contributed by atoms with van der Waals surface area (Å²) in [6.07, 6.45) is 1.13. The van der Waals surface area contributed by atoms with Crippen LogP contribution in [0.25, 0.3) is 0 Å². The quantitative estimate of drug-likeness (QED) is 0.777. The topological polar surface area (TPSA) is 97.0 Å². The summed E-state index contributed by atoms with van der Waals surface area (Å²) in [5.74, 6) is -2.01. The van der Waals surface area contributed by atoms with E-state index in [9.17, 15) is 14.4 Å². The van der Waals surface area contributed by atoms with Gasteiger partial charge in [0.25, 0.3) is 0 Å². The van der Waals surface area contributed by atoms with E-state index >= 15 is 0 Å². The molecule has 8 heteroatoms. The molecule has 1 aromatic carbocycles. The summed E-state index contributed by atoms with van der Waals surface area (Å²) < 4.78 is 11.2. The Morgan fingerprint density at radius 3 is 2.00 bits per heavy atom. The Morgan fingerprint density at radius 1 is 0.960 bits per heavy atom. The molecule has 0 bridgehead atoms. The third-order valence-electron chi connectivity index (χ3n) is 4.28. The molecule has 3 rings (SSSR count). The van der Waals surface area contributed by atoms with Crippen LogP contribution in [0.15, 0.2) is 24.3 Å². The first-order valence-electron chi connectivity index (χ1n) is 8.23. The highest BCUT2D eigenvalue weighted by atomic mass is 16.7. The molecule has 2 saturated heterocycles. The fourth-order valence-electron chi connectivity index (χ4n) is 3.00.